The van der Waals surface area contributed by atoms with E-state index >= 15 is 0 Å². The van der Waals surface area contributed by atoms with Gasteiger partial charge in [-0.05, 0) is 19.9 Å². The van der Waals surface area contributed by atoms with Crippen LogP contribution in [-0.2, 0) is 11.3 Å². The molecule has 0 radical (unpaired) electrons. The van der Waals surface area contributed by atoms with Crippen LogP contribution in [0.2, 0.25) is 0 Å². The largest absolute Gasteiger partial charge is 0.496 e. The number of carbonyl (C=O) groups excluding carboxylic acids is 1. The van der Waals surface area contributed by atoms with E-state index in [4.69, 9.17) is 4.74 Å². The maximum atomic E-state index is 12.1. The Morgan fingerprint density at radius 3 is 2.90 bits per heavy atom. The van der Waals surface area contributed by atoms with Crippen LogP contribution in [-0.4, -0.2) is 23.3 Å². The molecule has 0 aliphatic carbocycles. The lowest BCUT2D eigenvalue weighted by Gasteiger charge is -2.12. The van der Waals surface area contributed by atoms with Gasteiger partial charge < -0.3 is 10.1 Å². The fourth-order valence-corrected chi connectivity index (χ4v) is 3.78. The van der Waals surface area contributed by atoms with Gasteiger partial charge in [0.25, 0.3) is 0 Å². The van der Waals surface area contributed by atoms with Crippen molar-refractivity contribution < 1.29 is 9.53 Å². The molecule has 0 unspecified atom stereocenters. The van der Waals surface area contributed by atoms with Gasteiger partial charge in [0.15, 0.2) is 4.34 Å². The van der Waals surface area contributed by atoms with Gasteiger partial charge in [-0.1, -0.05) is 30.0 Å². The van der Waals surface area contributed by atoms with Crippen LogP contribution >= 0.6 is 23.1 Å². The van der Waals surface area contributed by atoms with Gasteiger partial charge >= 0.3 is 0 Å². The highest BCUT2D eigenvalue weighted by Crippen LogP contribution is 2.26. The van der Waals surface area contributed by atoms with Crippen LogP contribution in [0.5, 0.6) is 5.75 Å². The molecule has 1 heterocycles. The number of ether oxygens (including phenoxy) is 1. The third-order valence-electron chi connectivity index (χ3n) is 2.89. The number of para-hydroxylation sites is 1. The molecule has 6 heteroatoms. The van der Waals surface area contributed by atoms with Crippen LogP contribution < -0.4 is 10.1 Å². The van der Waals surface area contributed by atoms with Crippen LogP contribution in [0.1, 0.15) is 18.2 Å². The highest BCUT2D eigenvalue weighted by atomic mass is 32.2. The predicted molar refractivity (Wildman–Crippen MR) is 87.0 cm³/mol. The first kappa shape index (κ1) is 15.9. The predicted octanol–water partition coefficient (Wildman–Crippen LogP) is 3.26. The second-order valence-corrected chi connectivity index (χ2v) is 6.99. The Balaban J connectivity index is 1.89. The number of thiazole rings is 1. The van der Waals surface area contributed by atoms with Crippen molar-refractivity contribution in [2.24, 2.45) is 0 Å². The number of hydrogen-bond donors (Lipinski definition) is 1. The van der Waals surface area contributed by atoms with E-state index in [1.165, 1.54) is 11.8 Å². The maximum Gasteiger partial charge on any atom is 0.233 e. The van der Waals surface area contributed by atoms with Crippen LogP contribution in [0.25, 0.3) is 0 Å². The molecular formula is C15H18N2O2S2. The number of amides is 1. The molecule has 21 heavy (non-hydrogen) atoms. The van der Waals surface area contributed by atoms with Crippen molar-refractivity contribution in [3.05, 3.63) is 40.9 Å². The Morgan fingerprint density at radius 2 is 2.24 bits per heavy atom. The summed E-state index contributed by atoms with van der Waals surface area (Å²) in [5.74, 6) is 0.785. The summed E-state index contributed by atoms with van der Waals surface area (Å²) < 4.78 is 6.20. The fraction of sp³-hybridized carbons (Fsp3) is 0.333. The molecule has 1 aromatic carbocycles. The van der Waals surface area contributed by atoms with Crippen molar-refractivity contribution in [3.8, 4) is 5.75 Å². The molecule has 2 rings (SSSR count). The third kappa shape index (κ3) is 4.47. The van der Waals surface area contributed by atoms with E-state index in [9.17, 15) is 4.79 Å². The molecule has 1 atom stereocenters. The summed E-state index contributed by atoms with van der Waals surface area (Å²) in [5.41, 5.74) is 1.96. The summed E-state index contributed by atoms with van der Waals surface area (Å²) in [4.78, 5) is 16.5. The van der Waals surface area contributed by atoms with Crippen LogP contribution in [0.15, 0.2) is 34.0 Å². The molecule has 2 aromatic rings. The van der Waals surface area contributed by atoms with Crippen molar-refractivity contribution in [1.29, 1.82) is 0 Å². The number of methoxy groups -OCH3 is 1. The summed E-state index contributed by atoms with van der Waals surface area (Å²) in [6.07, 6.45) is 0. The van der Waals surface area contributed by atoms with Crippen molar-refractivity contribution in [3.63, 3.8) is 0 Å². The lowest BCUT2D eigenvalue weighted by Crippen LogP contribution is -2.30. The summed E-state index contributed by atoms with van der Waals surface area (Å²) >= 11 is 3.05. The van der Waals surface area contributed by atoms with Gasteiger partial charge in [0.1, 0.15) is 5.75 Å². The lowest BCUT2D eigenvalue weighted by atomic mass is 10.2. The number of nitrogens with one attached hydrogen (secondary N) is 1. The second-order valence-electron chi connectivity index (χ2n) is 4.54. The average Bonchev–Trinajstić information content (AvgIpc) is 2.90. The molecule has 1 N–H and O–H groups in total. The van der Waals surface area contributed by atoms with E-state index in [1.54, 1.807) is 18.4 Å². The SMILES string of the molecule is COc1ccccc1CNC(=O)[C@@H](C)Sc1nc(C)cs1. The molecule has 1 amide bonds. The normalized spacial score (nSPS) is 12.0. The van der Waals surface area contributed by atoms with Gasteiger partial charge in [-0.15, -0.1) is 11.3 Å². The molecule has 0 aliphatic heterocycles. The Hall–Kier alpha value is -1.53. The van der Waals surface area contributed by atoms with Crippen molar-refractivity contribution in [1.82, 2.24) is 10.3 Å². The first-order valence-electron chi connectivity index (χ1n) is 6.58. The molecule has 1 aromatic heterocycles. The van der Waals surface area contributed by atoms with Crippen molar-refractivity contribution in [2.45, 2.75) is 30.0 Å². The first-order valence-corrected chi connectivity index (χ1v) is 8.34. The zero-order valence-corrected chi connectivity index (χ0v) is 13.9. The quantitative estimate of drug-likeness (QED) is 0.830. The van der Waals surface area contributed by atoms with Gasteiger partial charge in [0.2, 0.25) is 5.91 Å². The Kier molecular flexibility index (Phi) is 5.64. The van der Waals surface area contributed by atoms with E-state index in [-0.39, 0.29) is 11.2 Å². The third-order valence-corrected chi connectivity index (χ3v) is 5.08. The molecule has 0 saturated carbocycles. The van der Waals surface area contributed by atoms with Crippen LogP contribution in [0, 0.1) is 6.92 Å². The van der Waals surface area contributed by atoms with E-state index in [0.717, 1.165) is 21.3 Å². The Labute approximate surface area is 132 Å². The number of benzene rings is 1. The Morgan fingerprint density at radius 1 is 1.48 bits per heavy atom. The minimum Gasteiger partial charge on any atom is -0.496 e. The molecule has 4 nitrogen and oxygen atoms in total. The molecule has 0 aliphatic rings. The van der Waals surface area contributed by atoms with E-state index < -0.39 is 0 Å². The van der Waals surface area contributed by atoms with Gasteiger partial charge in [0.05, 0.1) is 12.4 Å². The monoisotopic (exact) mass is 322 g/mol. The summed E-state index contributed by atoms with van der Waals surface area (Å²) in [5, 5.41) is 4.75. The number of hydrogen-bond acceptors (Lipinski definition) is 5. The highest BCUT2D eigenvalue weighted by molar-refractivity contribution is 8.02. The number of carbonyl (C=O) groups is 1. The maximum absolute atomic E-state index is 12.1. The summed E-state index contributed by atoms with van der Waals surface area (Å²) in [6, 6.07) is 7.67. The fourth-order valence-electron chi connectivity index (χ4n) is 1.77. The molecule has 0 saturated heterocycles. The van der Waals surface area contributed by atoms with Crippen molar-refractivity contribution >= 4 is 29.0 Å². The van der Waals surface area contributed by atoms with Gasteiger partial charge in [-0.3, -0.25) is 4.79 Å². The number of aryl methyl sites for hydroxylation is 1. The van der Waals surface area contributed by atoms with E-state index in [2.05, 4.69) is 10.3 Å². The highest BCUT2D eigenvalue weighted by Gasteiger charge is 2.16. The van der Waals surface area contributed by atoms with Gasteiger partial charge in [-0.2, -0.15) is 0 Å². The zero-order valence-electron chi connectivity index (χ0n) is 12.3. The topological polar surface area (TPSA) is 51.2 Å². The number of rotatable bonds is 6. The van der Waals surface area contributed by atoms with E-state index in [1.807, 2.05) is 43.5 Å². The van der Waals surface area contributed by atoms with Crippen LogP contribution in [0.3, 0.4) is 0 Å². The van der Waals surface area contributed by atoms with Crippen molar-refractivity contribution in [2.75, 3.05) is 7.11 Å². The smallest absolute Gasteiger partial charge is 0.233 e. The zero-order chi connectivity index (χ0) is 15.2. The number of aromatic nitrogens is 1. The summed E-state index contributed by atoms with van der Waals surface area (Å²) in [7, 11) is 1.63. The number of nitrogens with zero attached hydrogens (tertiary/aromatic N) is 1. The van der Waals surface area contributed by atoms with Gasteiger partial charge in [-0.25, -0.2) is 4.98 Å². The standard InChI is InChI=1S/C15H18N2O2S2/c1-10-9-20-15(17-10)21-11(2)14(18)16-8-12-6-4-5-7-13(12)19-3/h4-7,9,11H,8H2,1-3H3,(H,16,18)/t11-/m1/s1. The second kappa shape index (κ2) is 7.47. The number of thioether (sulfide) groups is 1. The summed E-state index contributed by atoms with van der Waals surface area (Å²) in [6.45, 7) is 4.30. The molecule has 0 bridgehead atoms. The lowest BCUT2D eigenvalue weighted by molar-refractivity contribution is -0.120. The molecule has 112 valence electrons. The van der Waals surface area contributed by atoms with Gasteiger partial charge in [0, 0.05) is 23.2 Å². The first-order chi connectivity index (χ1) is 10.1. The average molecular weight is 322 g/mol. The molecule has 0 spiro atoms. The van der Waals surface area contributed by atoms with E-state index in [0.29, 0.717) is 6.54 Å². The molecular weight excluding hydrogens is 304 g/mol. The minimum absolute atomic E-state index is 0.00115. The van der Waals surface area contributed by atoms with Crippen LogP contribution in [0.4, 0.5) is 0 Å². The minimum atomic E-state index is -0.176. The Bertz CT molecular complexity index is 613. The molecule has 0 fully saturated rings.